The van der Waals surface area contributed by atoms with Crippen LogP contribution in [0.5, 0.6) is 0 Å². The van der Waals surface area contributed by atoms with Gasteiger partial charge in [-0.2, -0.15) is 5.10 Å². The first kappa shape index (κ1) is 15.4. The van der Waals surface area contributed by atoms with E-state index in [1.54, 1.807) is 0 Å². The van der Waals surface area contributed by atoms with Crippen LogP contribution in [0.1, 0.15) is 34.9 Å². The van der Waals surface area contributed by atoms with Crippen LogP contribution < -0.4 is 10.9 Å². The molecule has 1 aromatic heterocycles. The minimum absolute atomic E-state index is 0.158. The molecule has 0 unspecified atom stereocenters. The van der Waals surface area contributed by atoms with Crippen molar-refractivity contribution in [2.24, 2.45) is 0 Å². The zero-order valence-electron chi connectivity index (χ0n) is 12.9. The van der Waals surface area contributed by atoms with Crippen molar-refractivity contribution in [3.63, 3.8) is 0 Å². The molecule has 23 heavy (non-hydrogen) atoms. The number of rotatable bonds is 5. The maximum absolute atomic E-state index is 12.2. The highest BCUT2D eigenvalue weighted by atomic mass is 16.2. The van der Waals surface area contributed by atoms with E-state index < -0.39 is 0 Å². The average molecular weight is 312 g/mol. The Hall–Kier alpha value is -2.47. The first-order valence-electron chi connectivity index (χ1n) is 7.87. The molecule has 0 aliphatic carbocycles. The number of amides is 1. The standard InChI is InChI=1S/C17H20N4O2/c22-16-9-8-14(19-20-16)17(23)18-12-15(21-10-4-5-11-21)13-6-2-1-3-7-13/h1-3,6-9,15H,4-5,10-12H2,(H,18,23)(H,20,22)/t15-/m1/s1. The Balaban J connectivity index is 1.70. The Morgan fingerprint density at radius 1 is 1.17 bits per heavy atom. The summed E-state index contributed by atoms with van der Waals surface area (Å²) in [6.45, 7) is 2.61. The average Bonchev–Trinajstić information content (AvgIpc) is 3.11. The van der Waals surface area contributed by atoms with E-state index >= 15 is 0 Å². The minimum Gasteiger partial charge on any atom is -0.349 e. The fraction of sp³-hybridized carbons (Fsp3) is 0.353. The van der Waals surface area contributed by atoms with Gasteiger partial charge in [-0.1, -0.05) is 30.3 Å². The second-order valence-corrected chi connectivity index (χ2v) is 5.69. The maximum Gasteiger partial charge on any atom is 0.271 e. The third-order valence-electron chi connectivity index (χ3n) is 4.13. The lowest BCUT2D eigenvalue weighted by Crippen LogP contribution is -2.37. The van der Waals surface area contributed by atoms with E-state index in [9.17, 15) is 9.59 Å². The van der Waals surface area contributed by atoms with E-state index in [1.807, 2.05) is 18.2 Å². The topological polar surface area (TPSA) is 78.1 Å². The second-order valence-electron chi connectivity index (χ2n) is 5.69. The van der Waals surface area contributed by atoms with Gasteiger partial charge in [0.25, 0.3) is 11.5 Å². The molecule has 1 atom stereocenters. The molecule has 2 aromatic rings. The van der Waals surface area contributed by atoms with Gasteiger partial charge in [0, 0.05) is 12.6 Å². The lowest BCUT2D eigenvalue weighted by atomic mass is 10.1. The Morgan fingerprint density at radius 3 is 2.57 bits per heavy atom. The highest BCUT2D eigenvalue weighted by molar-refractivity contribution is 5.91. The van der Waals surface area contributed by atoms with Crippen molar-refractivity contribution in [2.45, 2.75) is 18.9 Å². The molecule has 2 N–H and O–H groups in total. The van der Waals surface area contributed by atoms with Gasteiger partial charge in [0.1, 0.15) is 5.69 Å². The third-order valence-corrected chi connectivity index (χ3v) is 4.13. The first-order chi connectivity index (χ1) is 11.2. The van der Waals surface area contributed by atoms with Crippen LogP contribution in [0.25, 0.3) is 0 Å². The number of nitrogens with zero attached hydrogens (tertiary/aromatic N) is 2. The summed E-state index contributed by atoms with van der Waals surface area (Å²) in [4.78, 5) is 25.6. The molecule has 6 heteroatoms. The number of carbonyl (C=O) groups is 1. The van der Waals surface area contributed by atoms with Crippen molar-refractivity contribution in [1.29, 1.82) is 0 Å². The monoisotopic (exact) mass is 312 g/mol. The summed E-state index contributed by atoms with van der Waals surface area (Å²) < 4.78 is 0. The fourth-order valence-corrected chi connectivity index (χ4v) is 2.94. The summed E-state index contributed by atoms with van der Waals surface area (Å²) in [6.07, 6.45) is 2.39. The minimum atomic E-state index is -0.319. The molecular formula is C17H20N4O2. The molecule has 1 amide bonds. The van der Waals surface area contributed by atoms with Crippen molar-refractivity contribution < 1.29 is 4.79 Å². The van der Waals surface area contributed by atoms with Crippen LogP contribution in [0.2, 0.25) is 0 Å². The molecule has 2 heterocycles. The van der Waals surface area contributed by atoms with Gasteiger partial charge in [-0.25, -0.2) is 5.10 Å². The van der Waals surface area contributed by atoms with Crippen LogP contribution in [0.3, 0.4) is 0 Å². The zero-order valence-corrected chi connectivity index (χ0v) is 12.9. The summed E-state index contributed by atoms with van der Waals surface area (Å²) in [5.41, 5.74) is 1.10. The lowest BCUT2D eigenvalue weighted by molar-refractivity contribution is 0.0932. The summed E-state index contributed by atoms with van der Waals surface area (Å²) in [7, 11) is 0. The summed E-state index contributed by atoms with van der Waals surface area (Å²) in [5.74, 6) is -0.277. The SMILES string of the molecule is O=C(NC[C@H](c1ccccc1)N1CCCC1)c1ccc(=O)[nH]n1. The normalized spacial score (nSPS) is 16.2. The van der Waals surface area contributed by atoms with Gasteiger partial charge in [0.05, 0.1) is 6.04 Å². The van der Waals surface area contributed by atoms with E-state index in [4.69, 9.17) is 0 Å². The van der Waals surface area contributed by atoms with E-state index in [2.05, 4.69) is 32.5 Å². The van der Waals surface area contributed by atoms with Crippen LogP contribution >= 0.6 is 0 Å². The molecule has 1 saturated heterocycles. The quantitative estimate of drug-likeness (QED) is 0.873. The molecule has 6 nitrogen and oxygen atoms in total. The lowest BCUT2D eigenvalue weighted by Gasteiger charge is -2.28. The van der Waals surface area contributed by atoms with E-state index in [1.165, 1.54) is 30.5 Å². The maximum atomic E-state index is 12.2. The summed E-state index contributed by atoms with van der Waals surface area (Å²) in [5, 5.41) is 8.97. The molecule has 1 aliphatic rings. The van der Waals surface area contributed by atoms with Gasteiger partial charge in [0.2, 0.25) is 0 Å². The van der Waals surface area contributed by atoms with Crippen LogP contribution in [0.15, 0.2) is 47.3 Å². The predicted octanol–water partition coefficient (Wildman–Crippen LogP) is 1.34. The highest BCUT2D eigenvalue weighted by Gasteiger charge is 2.24. The van der Waals surface area contributed by atoms with E-state index in [-0.39, 0.29) is 23.2 Å². The molecule has 3 rings (SSSR count). The van der Waals surface area contributed by atoms with Crippen LogP contribution in [0, 0.1) is 0 Å². The number of aromatic amines is 1. The van der Waals surface area contributed by atoms with E-state index in [0.29, 0.717) is 6.54 Å². The van der Waals surface area contributed by atoms with Gasteiger partial charge in [0.15, 0.2) is 0 Å². The largest absolute Gasteiger partial charge is 0.349 e. The van der Waals surface area contributed by atoms with Gasteiger partial charge >= 0.3 is 0 Å². The van der Waals surface area contributed by atoms with Crippen LogP contribution in [-0.4, -0.2) is 40.6 Å². The number of carbonyl (C=O) groups excluding carboxylic acids is 1. The Morgan fingerprint density at radius 2 is 1.91 bits per heavy atom. The predicted molar refractivity (Wildman–Crippen MR) is 87.2 cm³/mol. The Kier molecular flexibility index (Phi) is 4.83. The van der Waals surface area contributed by atoms with Gasteiger partial charge in [-0.15, -0.1) is 0 Å². The first-order valence-corrected chi connectivity index (χ1v) is 7.87. The van der Waals surface area contributed by atoms with Crippen LogP contribution in [0.4, 0.5) is 0 Å². The van der Waals surface area contributed by atoms with E-state index in [0.717, 1.165) is 13.1 Å². The molecule has 120 valence electrons. The van der Waals surface area contributed by atoms with Crippen molar-refractivity contribution in [3.8, 4) is 0 Å². The van der Waals surface area contributed by atoms with Crippen molar-refractivity contribution in [2.75, 3.05) is 19.6 Å². The molecule has 0 radical (unpaired) electrons. The van der Waals surface area contributed by atoms with Gasteiger partial charge in [-0.3, -0.25) is 14.5 Å². The number of hydrogen-bond donors (Lipinski definition) is 2. The Labute approximate surface area is 134 Å². The van der Waals surface area contributed by atoms with Gasteiger partial charge in [-0.05, 0) is 37.6 Å². The van der Waals surface area contributed by atoms with Gasteiger partial charge < -0.3 is 5.32 Å². The number of aromatic nitrogens is 2. The molecule has 0 saturated carbocycles. The van der Waals surface area contributed by atoms with Crippen molar-refractivity contribution in [3.05, 3.63) is 64.1 Å². The Bertz CT molecular complexity index is 688. The number of benzene rings is 1. The summed E-state index contributed by atoms with van der Waals surface area (Å²) >= 11 is 0. The number of nitrogens with one attached hydrogen (secondary N) is 2. The number of hydrogen-bond acceptors (Lipinski definition) is 4. The van der Waals surface area contributed by atoms with Crippen molar-refractivity contribution >= 4 is 5.91 Å². The molecule has 0 spiro atoms. The molecule has 1 fully saturated rings. The fourth-order valence-electron chi connectivity index (χ4n) is 2.94. The summed E-state index contributed by atoms with van der Waals surface area (Å²) in [6, 6.07) is 13.1. The second kappa shape index (κ2) is 7.19. The smallest absolute Gasteiger partial charge is 0.271 e. The molecule has 1 aromatic carbocycles. The van der Waals surface area contributed by atoms with Crippen LogP contribution in [-0.2, 0) is 0 Å². The number of H-pyrrole nitrogens is 1. The zero-order chi connectivity index (χ0) is 16.1. The molecule has 0 bridgehead atoms. The van der Waals surface area contributed by atoms with Crippen molar-refractivity contribution in [1.82, 2.24) is 20.4 Å². The number of likely N-dealkylation sites (tertiary alicyclic amines) is 1. The third kappa shape index (κ3) is 3.84. The molecular weight excluding hydrogens is 292 g/mol. The highest BCUT2D eigenvalue weighted by Crippen LogP contribution is 2.24. The molecule has 1 aliphatic heterocycles.